The molecule has 100 valence electrons. The fourth-order valence-electron chi connectivity index (χ4n) is 1.37. The Kier molecular flexibility index (Phi) is 3.64. The number of alkyl halides is 3. The molecular formula is C11H4Cl2F4N2. The van der Waals surface area contributed by atoms with Crippen LogP contribution in [0.5, 0.6) is 0 Å². The maximum Gasteiger partial charge on any atom is 0.433 e. The molecule has 2 nitrogen and oxygen atoms in total. The minimum atomic E-state index is -4.65. The summed E-state index contributed by atoms with van der Waals surface area (Å²) >= 11 is 11.0. The van der Waals surface area contributed by atoms with E-state index in [9.17, 15) is 17.6 Å². The first-order valence-electron chi connectivity index (χ1n) is 4.84. The van der Waals surface area contributed by atoms with E-state index < -0.39 is 23.0 Å². The normalized spacial score (nSPS) is 11.7. The quantitative estimate of drug-likeness (QED) is 0.568. The molecule has 8 heteroatoms. The first-order chi connectivity index (χ1) is 8.77. The van der Waals surface area contributed by atoms with Crippen molar-refractivity contribution < 1.29 is 17.6 Å². The first kappa shape index (κ1) is 14.0. The molecule has 0 atom stereocenters. The Hall–Kier alpha value is -1.40. The maximum absolute atomic E-state index is 13.0. The number of aromatic nitrogens is 2. The Balaban J connectivity index is 2.56. The van der Waals surface area contributed by atoms with Gasteiger partial charge in [-0.05, 0) is 35.9 Å². The lowest BCUT2D eigenvalue weighted by atomic mass is 10.1. The Labute approximate surface area is 115 Å². The van der Waals surface area contributed by atoms with Crippen LogP contribution in [-0.4, -0.2) is 9.97 Å². The van der Waals surface area contributed by atoms with Gasteiger partial charge >= 0.3 is 6.18 Å². The van der Waals surface area contributed by atoms with Crippen molar-refractivity contribution in [1.29, 1.82) is 0 Å². The molecule has 0 saturated carbocycles. The van der Waals surface area contributed by atoms with Crippen LogP contribution in [0.3, 0.4) is 0 Å². The van der Waals surface area contributed by atoms with Gasteiger partial charge in [0.2, 0.25) is 5.28 Å². The van der Waals surface area contributed by atoms with Crippen molar-refractivity contribution in [2.75, 3.05) is 0 Å². The summed E-state index contributed by atoms with van der Waals surface area (Å²) in [5, 5.41) is -0.772. The van der Waals surface area contributed by atoms with Gasteiger partial charge in [-0.15, -0.1) is 0 Å². The standard InChI is InChI=1S/C11H4Cl2F4N2/c12-6-3-5(1-2-7(6)14)8-4-9(11(15,16)17)19-10(13)18-8/h1-4H. The molecule has 0 bridgehead atoms. The molecule has 0 unspecified atom stereocenters. The summed E-state index contributed by atoms with van der Waals surface area (Å²) in [5.41, 5.74) is -1.06. The third-order valence-electron chi connectivity index (χ3n) is 2.20. The van der Waals surface area contributed by atoms with Crippen molar-refractivity contribution in [2.45, 2.75) is 6.18 Å². The van der Waals surface area contributed by atoms with Crippen LogP contribution in [0, 0.1) is 5.82 Å². The fourth-order valence-corrected chi connectivity index (χ4v) is 1.73. The van der Waals surface area contributed by atoms with Gasteiger partial charge < -0.3 is 0 Å². The van der Waals surface area contributed by atoms with E-state index in [0.717, 1.165) is 18.2 Å². The van der Waals surface area contributed by atoms with Crippen LogP contribution < -0.4 is 0 Å². The van der Waals surface area contributed by atoms with Crippen LogP contribution in [0.2, 0.25) is 10.3 Å². The zero-order valence-corrected chi connectivity index (χ0v) is 10.5. The molecule has 1 aromatic carbocycles. The largest absolute Gasteiger partial charge is 0.433 e. The van der Waals surface area contributed by atoms with Gasteiger partial charge in [0.25, 0.3) is 0 Å². The third kappa shape index (κ3) is 3.13. The van der Waals surface area contributed by atoms with Crippen LogP contribution in [0.4, 0.5) is 17.6 Å². The lowest BCUT2D eigenvalue weighted by molar-refractivity contribution is -0.141. The zero-order chi connectivity index (χ0) is 14.2. The Morgan fingerprint density at radius 3 is 2.26 bits per heavy atom. The molecule has 1 heterocycles. The lowest BCUT2D eigenvalue weighted by Crippen LogP contribution is -2.09. The summed E-state index contributed by atoms with van der Waals surface area (Å²) in [7, 11) is 0. The Bertz CT molecular complexity index is 629. The number of hydrogen-bond donors (Lipinski definition) is 0. The third-order valence-corrected chi connectivity index (χ3v) is 2.66. The van der Waals surface area contributed by atoms with Crippen molar-refractivity contribution in [1.82, 2.24) is 9.97 Å². The van der Waals surface area contributed by atoms with E-state index in [2.05, 4.69) is 9.97 Å². The van der Waals surface area contributed by atoms with E-state index in [-0.39, 0.29) is 16.3 Å². The average molecular weight is 311 g/mol. The smallest absolute Gasteiger partial charge is 0.218 e. The highest BCUT2D eigenvalue weighted by Gasteiger charge is 2.33. The second-order valence-corrected chi connectivity index (χ2v) is 4.28. The maximum atomic E-state index is 13.0. The topological polar surface area (TPSA) is 25.8 Å². The second-order valence-electron chi connectivity index (χ2n) is 3.53. The molecule has 0 radical (unpaired) electrons. The van der Waals surface area contributed by atoms with Crippen LogP contribution in [0.1, 0.15) is 5.69 Å². The van der Waals surface area contributed by atoms with Crippen molar-refractivity contribution in [3.8, 4) is 11.3 Å². The molecular weight excluding hydrogens is 307 g/mol. The summed E-state index contributed by atoms with van der Waals surface area (Å²) in [5.74, 6) is -0.679. The van der Waals surface area contributed by atoms with E-state index in [4.69, 9.17) is 23.2 Å². The SMILES string of the molecule is Fc1ccc(-c2cc(C(F)(F)F)nc(Cl)n2)cc1Cl. The fraction of sp³-hybridized carbons (Fsp3) is 0.0909. The molecule has 0 amide bonds. The molecule has 0 aliphatic carbocycles. The van der Waals surface area contributed by atoms with Gasteiger partial charge in [-0.2, -0.15) is 13.2 Å². The van der Waals surface area contributed by atoms with E-state index in [0.29, 0.717) is 0 Å². The van der Waals surface area contributed by atoms with Crippen LogP contribution in [0.15, 0.2) is 24.3 Å². The molecule has 0 fully saturated rings. The predicted molar refractivity (Wildman–Crippen MR) is 62.4 cm³/mol. The monoisotopic (exact) mass is 310 g/mol. The van der Waals surface area contributed by atoms with Crippen LogP contribution in [0.25, 0.3) is 11.3 Å². The number of halogens is 6. The van der Waals surface area contributed by atoms with Gasteiger partial charge in [0.05, 0.1) is 10.7 Å². The predicted octanol–water partition coefficient (Wildman–Crippen LogP) is 4.61. The van der Waals surface area contributed by atoms with E-state index in [1.165, 1.54) is 6.07 Å². The molecule has 0 spiro atoms. The minimum absolute atomic E-state index is 0.0887. The average Bonchev–Trinajstić information content (AvgIpc) is 2.31. The number of rotatable bonds is 1. The molecule has 2 rings (SSSR count). The van der Waals surface area contributed by atoms with Crippen molar-refractivity contribution in [3.63, 3.8) is 0 Å². The molecule has 0 aliphatic heterocycles. The van der Waals surface area contributed by atoms with Gasteiger partial charge in [-0.3, -0.25) is 0 Å². The van der Waals surface area contributed by atoms with Crippen LogP contribution in [-0.2, 0) is 6.18 Å². The molecule has 2 aromatic rings. The first-order valence-corrected chi connectivity index (χ1v) is 5.60. The van der Waals surface area contributed by atoms with Gasteiger partial charge in [0.15, 0.2) is 0 Å². The summed E-state index contributed by atoms with van der Waals surface area (Å²) < 4.78 is 50.7. The van der Waals surface area contributed by atoms with Crippen molar-refractivity contribution >= 4 is 23.2 Å². The molecule has 0 saturated heterocycles. The summed E-state index contributed by atoms with van der Waals surface area (Å²) in [6.45, 7) is 0. The summed E-state index contributed by atoms with van der Waals surface area (Å²) in [6.07, 6.45) is -4.65. The van der Waals surface area contributed by atoms with E-state index in [1.807, 2.05) is 0 Å². The zero-order valence-electron chi connectivity index (χ0n) is 8.97. The van der Waals surface area contributed by atoms with Gasteiger partial charge in [0.1, 0.15) is 11.5 Å². The summed E-state index contributed by atoms with van der Waals surface area (Å²) in [4.78, 5) is 6.75. The molecule has 1 aromatic heterocycles. The summed E-state index contributed by atoms with van der Waals surface area (Å²) in [6, 6.07) is 4.16. The van der Waals surface area contributed by atoms with E-state index >= 15 is 0 Å². The van der Waals surface area contributed by atoms with E-state index in [1.54, 1.807) is 0 Å². The number of nitrogens with zero attached hydrogens (tertiary/aromatic N) is 2. The molecule has 19 heavy (non-hydrogen) atoms. The van der Waals surface area contributed by atoms with Crippen LogP contribution >= 0.6 is 23.2 Å². The minimum Gasteiger partial charge on any atom is -0.218 e. The van der Waals surface area contributed by atoms with Crippen molar-refractivity contribution in [3.05, 3.63) is 46.1 Å². The Morgan fingerprint density at radius 1 is 1.00 bits per heavy atom. The van der Waals surface area contributed by atoms with Gasteiger partial charge in [-0.25, -0.2) is 14.4 Å². The van der Waals surface area contributed by atoms with Gasteiger partial charge in [0, 0.05) is 5.56 Å². The molecule has 0 N–H and O–H groups in total. The highest BCUT2D eigenvalue weighted by atomic mass is 35.5. The number of benzene rings is 1. The highest BCUT2D eigenvalue weighted by molar-refractivity contribution is 6.31. The number of hydrogen-bond acceptors (Lipinski definition) is 2. The second kappa shape index (κ2) is 4.94. The lowest BCUT2D eigenvalue weighted by Gasteiger charge is -2.08. The Morgan fingerprint density at radius 2 is 1.68 bits per heavy atom. The van der Waals surface area contributed by atoms with Gasteiger partial charge in [-0.1, -0.05) is 11.6 Å². The highest BCUT2D eigenvalue weighted by Crippen LogP contribution is 2.31. The van der Waals surface area contributed by atoms with Crippen molar-refractivity contribution in [2.24, 2.45) is 0 Å². The molecule has 0 aliphatic rings.